The summed E-state index contributed by atoms with van der Waals surface area (Å²) >= 11 is 0. The molecular formula is C28H27F2N3O5S. The van der Waals surface area contributed by atoms with Crippen molar-refractivity contribution < 1.29 is 31.5 Å². The molecule has 2 fully saturated rings. The molecule has 3 aliphatic rings. The molecule has 1 aliphatic heterocycles. The van der Waals surface area contributed by atoms with E-state index < -0.39 is 51.8 Å². The minimum Gasteiger partial charge on any atom is -0.457 e. The highest BCUT2D eigenvalue weighted by Crippen LogP contribution is 2.42. The number of rotatable bonds is 6. The van der Waals surface area contributed by atoms with Crippen molar-refractivity contribution in [3.63, 3.8) is 0 Å². The summed E-state index contributed by atoms with van der Waals surface area (Å²) < 4.78 is 58.2. The molecule has 3 aromatic rings. The number of fused-ring (bicyclic) bond motifs is 2. The molecule has 0 bridgehead atoms. The second-order valence-electron chi connectivity index (χ2n) is 10.9. The van der Waals surface area contributed by atoms with Gasteiger partial charge in [0.15, 0.2) is 16.1 Å². The molecule has 6 rings (SSSR count). The van der Waals surface area contributed by atoms with Gasteiger partial charge in [-0.3, -0.25) is 10.1 Å². The third kappa shape index (κ3) is 4.71. The molecule has 1 atom stereocenters. The summed E-state index contributed by atoms with van der Waals surface area (Å²) in [6.07, 6.45) is -1.46. The van der Waals surface area contributed by atoms with Crippen LogP contribution in [0.25, 0.3) is 22.1 Å². The average molecular weight is 556 g/mol. The maximum atomic E-state index is 14.0. The van der Waals surface area contributed by atoms with Crippen LogP contribution >= 0.6 is 0 Å². The van der Waals surface area contributed by atoms with E-state index in [1.807, 2.05) is 18.2 Å². The number of furan rings is 1. The van der Waals surface area contributed by atoms with Gasteiger partial charge in [-0.1, -0.05) is 18.2 Å². The Morgan fingerprint density at radius 2 is 1.72 bits per heavy atom. The Balaban J connectivity index is 1.26. The van der Waals surface area contributed by atoms with Gasteiger partial charge in [-0.15, -0.1) is 0 Å². The molecule has 39 heavy (non-hydrogen) atoms. The van der Waals surface area contributed by atoms with Crippen LogP contribution in [0.1, 0.15) is 56.1 Å². The molecule has 1 unspecified atom stereocenters. The summed E-state index contributed by atoms with van der Waals surface area (Å²) in [7, 11) is -3.22. The van der Waals surface area contributed by atoms with Gasteiger partial charge in [0.05, 0.1) is 16.7 Å². The average Bonchev–Trinajstić information content (AvgIpc) is 3.43. The largest absolute Gasteiger partial charge is 0.457 e. The van der Waals surface area contributed by atoms with E-state index in [9.17, 15) is 32.4 Å². The number of halogens is 2. The Morgan fingerprint density at radius 1 is 1.03 bits per heavy atom. The highest BCUT2D eigenvalue weighted by molar-refractivity contribution is 7.91. The van der Waals surface area contributed by atoms with E-state index in [-0.39, 0.29) is 24.4 Å². The molecular weight excluding hydrogens is 528 g/mol. The van der Waals surface area contributed by atoms with E-state index >= 15 is 0 Å². The predicted octanol–water partition coefficient (Wildman–Crippen LogP) is 4.13. The second-order valence-corrected chi connectivity index (χ2v) is 13.0. The lowest BCUT2D eigenvalue weighted by atomic mass is 9.78. The van der Waals surface area contributed by atoms with E-state index in [1.165, 1.54) is 0 Å². The zero-order chi connectivity index (χ0) is 27.6. The van der Waals surface area contributed by atoms with Gasteiger partial charge in [-0.25, -0.2) is 17.2 Å². The predicted molar refractivity (Wildman–Crippen MR) is 137 cm³/mol. The second kappa shape index (κ2) is 8.84. The summed E-state index contributed by atoms with van der Waals surface area (Å²) in [5, 5.41) is 26.7. The number of aryl methyl sites for hydroxylation is 1. The molecule has 2 saturated carbocycles. The molecule has 0 spiro atoms. The first-order valence-corrected chi connectivity index (χ1v) is 14.6. The fraction of sp³-hybridized carbons (Fsp3) is 0.429. The quantitative estimate of drug-likeness (QED) is 0.390. The molecule has 0 saturated heterocycles. The topological polar surface area (TPSA) is 132 Å². The molecule has 8 nitrogen and oxygen atoms in total. The fourth-order valence-corrected chi connectivity index (χ4v) is 7.06. The number of benzene rings is 2. The molecule has 204 valence electrons. The number of hydrogen-bond acceptors (Lipinski definition) is 7. The van der Waals surface area contributed by atoms with E-state index in [0.29, 0.717) is 35.1 Å². The van der Waals surface area contributed by atoms with Crippen LogP contribution in [0.3, 0.4) is 0 Å². The third-order valence-electron chi connectivity index (χ3n) is 8.18. The van der Waals surface area contributed by atoms with Crippen LogP contribution in [0.5, 0.6) is 0 Å². The van der Waals surface area contributed by atoms with Crippen molar-refractivity contribution in [1.29, 1.82) is 5.26 Å². The van der Waals surface area contributed by atoms with Crippen molar-refractivity contribution >= 4 is 26.7 Å². The van der Waals surface area contributed by atoms with Crippen molar-refractivity contribution in [2.75, 3.05) is 5.75 Å². The van der Waals surface area contributed by atoms with Crippen molar-refractivity contribution in [3.8, 4) is 17.2 Å². The zero-order valence-corrected chi connectivity index (χ0v) is 21.8. The normalized spacial score (nSPS) is 22.5. The molecule has 11 heteroatoms. The molecule has 0 radical (unpaired) electrons. The zero-order valence-electron chi connectivity index (χ0n) is 21.0. The van der Waals surface area contributed by atoms with E-state index in [4.69, 9.17) is 4.42 Å². The van der Waals surface area contributed by atoms with Gasteiger partial charge >= 0.3 is 0 Å². The Hall–Kier alpha value is -3.33. The Kier molecular flexibility index (Phi) is 5.88. The Bertz CT molecular complexity index is 1630. The number of nitrogens with zero attached hydrogens (tertiary/aromatic N) is 1. The van der Waals surface area contributed by atoms with Crippen LogP contribution in [0.2, 0.25) is 0 Å². The Labute approximate surface area is 223 Å². The summed E-state index contributed by atoms with van der Waals surface area (Å²) in [5.74, 6) is -3.26. The number of carbonyl (C=O) groups excluding carboxylic acids is 1. The first-order valence-electron chi connectivity index (χ1n) is 12.9. The van der Waals surface area contributed by atoms with Crippen molar-refractivity contribution in [3.05, 3.63) is 53.8 Å². The van der Waals surface area contributed by atoms with Crippen molar-refractivity contribution in [2.24, 2.45) is 0 Å². The van der Waals surface area contributed by atoms with Gasteiger partial charge in [0.2, 0.25) is 11.8 Å². The van der Waals surface area contributed by atoms with Gasteiger partial charge in [-0.05, 0) is 73.1 Å². The van der Waals surface area contributed by atoms with Gasteiger partial charge < -0.3 is 14.8 Å². The number of aliphatic hydroxyl groups excluding tert-OH is 1. The number of aliphatic hydroxyl groups is 1. The van der Waals surface area contributed by atoms with Crippen LogP contribution in [-0.2, 0) is 21.1 Å². The van der Waals surface area contributed by atoms with Crippen LogP contribution in [0, 0.1) is 11.3 Å². The van der Waals surface area contributed by atoms with Gasteiger partial charge in [0.1, 0.15) is 22.4 Å². The number of hydrogen-bond donors (Lipinski definition) is 3. The number of nitrogens with one attached hydrogen (secondary N) is 2. The first kappa shape index (κ1) is 25.9. The monoisotopic (exact) mass is 555 g/mol. The Morgan fingerprint density at radius 3 is 2.41 bits per heavy atom. The van der Waals surface area contributed by atoms with Crippen molar-refractivity contribution in [1.82, 2.24) is 10.6 Å². The van der Waals surface area contributed by atoms with E-state index in [1.54, 1.807) is 24.3 Å². The maximum absolute atomic E-state index is 14.0. The standard InChI is InChI=1S/C28H27F2N3O5S/c29-28(30)10-8-27(9-11-28,25(35)33-26(16-31)6-7-26)32-24(34)22-15-19-2-1-18(14-21(19)38-22)17-3-4-23-20(13-17)5-12-39(23,36)37/h1-4,13-15,24,32,34H,5-12H2,(H,33,35). The highest BCUT2D eigenvalue weighted by Gasteiger charge is 2.53. The number of sulfone groups is 1. The molecule has 1 amide bonds. The van der Waals surface area contributed by atoms with Crippen LogP contribution in [-0.4, -0.2) is 42.2 Å². The summed E-state index contributed by atoms with van der Waals surface area (Å²) in [4.78, 5) is 13.6. The fourth-order valence-electron chi connectivity index (χ4n) is 5.52. The lowest BCUT2D eigenvalue weighted by molar-refractivity contribution is -0.137. The SMILES string of the molecule is N#CC1(NC(=O)C2(NC(O)c3cc4ccc(-c5ccc6c(c5)CCS6(=O)=O)cc4o3)CCC(F)(F)CC2)CC1. The van der Waals surface area contributed by atoms with Crippen LogP contribution < -0.4 is 10.6 Å². The van der Waals surface area contributed by atoms with E-state index in [0.717, 1.165) is 16.7 Å². The molecule has 2 aliphatic carbocycles. The summed E-state index contributed by atoms with van der Waals surface area (Å²) in [6, 6.07) is 14.4. The van der Waals surface area contributed by atoms with E-state index in [2.05, 4.69) is 16.7 Å². The number of carbonyl (C=O) groups is 1. The molecule has 2 aromatic carbocycles. The smallest absolute Gasteiger partial charge is 0.248 e. The maximum Gasteiger partial charge on any atom is 0.248 e. The summed E-state index contributed by atoms with van der Waals surface area (Å²) in [6.45, 7) is 0. The highest BCUT2D eigenvalue weighted by atomic mass is 32.2. The molecule has 3 N–H and O–H groups in total. The van der Waals surface area contributed by atoms with Gasteiger partial charge in [-0.2, -0.15) is 5.26 Å². The minimum absolute atomic E-state index is 0.103. The lowest BCUT2D eigenvalue weighted by Gasteiger charge is -2.41. The number of nitriles is 1. The summed E-state index contributed by atoms with van der Waals surface area (Å²) in [5.41, 5.74) is 0.408. The van der Waals surface area contributed by atoms with Crippen LogP contribution in [0.15, 0.2) is 51.8 Å². The molecule has 1 aromatic heterocycles. The van der Waals surface area contributed by atoms with Crippen molar-refractivity contribution in [2.45, 2.75) is 73.1 Å². The van der Waals surface area contributed by atoms with Gasteiger partial charge in [0, 0.05) is 18.2 Å². The minimum atomic E-state index is -3.22. The van der Waals surface area contributed by atoms with Gasteiger partial charge in [0.25, 0.3) is 0 Å². The lowest BCUT2D eigenvalue weighted by Crippen LogP contribution is -2.62. The van der Waals surface area contributed by atoms with Crippen LogP contribution in [0.4, 0.5) is 8.78 Å². The number of amides is 1. The molecule has 2 heterocycles. The third-order valence-corrected chi connectivity index (χ3v) is 9.99. The number of alkyl halides is 2. The first-order chi connectivity index (χ1) is 18.4.